The first kappa shape index (κ1) is 19.5. The van der Waals surface area contributed by atoms with Crippen molar-refractivity contribution in [2.75, 3.05) is 27.8 Å². The van der Waals surface area contributed by atoms with Gasteiger partial charge in [0.15, 0.2) is 5.69 Å². The molecule has 2 N–H and O–H groups in total. The molecule has 0 aliphatic carbocycles. The third kappa shape index (κ3) is 4.03. The zero-order valence-corrected chi connectivity index (χ0v) is 16.1. The van der Waals surface area contributed by atoms with Gasteiger partial charge < -0.3 is 10.5 Å². The van der Waals surface area contributed by atoms with E-state index in [9.17, 15) is 4.79 Å². The van der Waals surface area contributed by atoms with Gasteiger partial charge in [0.1, 0.15) is 0 Å². The monoisotopic (exact) mass is 381 g/mol. The summed E-state index contributed by atoms with van der Waals surface area (Å²) in [5, 5.41) is 5.62. The molecular weight excluding hydrogens is 358 g/mol. The number of hydrogen-bond donors (Lipinski definition) is 1. The summed E-state index contributed by atoms with van der Waals surface area (Å²) in [6.07, 6.45) is 2.46. The number of carbonyl (C=O) groups excluding carboxylic acids is 1. The van der Waals surface area contributed by atoms with Gasteiger partial charge in [-0.1, -0.05) is 24.3 Å². The number of amides is 1. The molecule has 1 amide bonds. The third-order valence-corrected chi connectivity index (χ3v) is 4.35. The minimum Gasteiger partial charge on any atom is -0.481 e. The predicted molar refractivity (Wildman–Crippen MR) is 105 cm³/mol. The number of hydrogen-bond acceptors (Lipinski definition) is 6. The zero-order chi connectivity index (χ0) is 20.1. The Morgan fingerprint density at radius 2 is 1.93 bits per heavy atom. The Kier molecular flexibility index (Phi) is 6.03. The maximum Gasteiger partial charge on any atom is 0.297 e. The fraction of sp³-hybridized carbons (Fsp3) is 0.250. The predicted octanol–water partition coefficient (Wildman–Crippen LogP) is 2.08. The number of rotatable bonds is 7. The van der Waals surface area contributed by atoms with E-state index in [2.05, 4.69) is 10.1 Å². The van der Waals surface area contributed by atoms with Gasteiger partial charge in [0.05, 0.1) is 31.8 Å². The van der Waals surface area contributed by atoms with Crippen LogP contribution in [0.3, 0.4) is 0 Å². The molecule has 0 aliphatic heterocycles. The van der Waals surface area contributed by atoms with E-state index >= 15 is 0 Å². The van der Waals surface area contributed by atoms with Gasteiger partial charge >= 0.3 is 0 Å². The summed E-state index contributed by atoms with van der Waals surface area (Å²) in [6.45, 7) is 0.594. The van der Waals surface area contributed by atoms with Crippen molar-refractivity contribution in [1.82, 2.24) is 19.8 Å². The van der Waals surface area contributed by atoms with Crippen molar-refractivity contribution in [3.8, 4) is 22.8 Å². The van der Waals surface area contributed by atoms with E-state index in [4.69, 9.17) is 15.3 Å². The minimum atomic E-state index is -0.344. The average Bonchev–Trinajstić information content (AvgIpc) is 3.19. The van der Waals surface area contributed by atoms with E-state index < -0.39 is 0 Å². The number of aromatic nitrogens is 3. The molecule has 0 atom stereocenters. The molecule has 146 valence electrons. The summed E-state index contributed by atoms with van der Waals surface area (Å²) >= 11 is 0. The average molecular weight is 381 g/mol. The van der Waals surface area contributed by atoms with Gasteiger partial charge in [0, 0.05) is 18.7 Å². The van der Waals surface area contributed by atoms with Crippen molar-refractivity contribution >= 4 is 5.91 Å². The zero-order valence-electron chi connectivity index (χ0n) is 16.1. The molecule has 0 unspecified atom stereocenters. The normalized spacial score (nSPS) is 10.7. The van der Waals surface area contributed by atoms with E-state index in [1.807, 2.05) is 30.3 Å². The fourth-order valence-corrected chi connectivity index (χ4v) is 2.76. The quantitative estimate of drug-likeness (QED) is 0.630. The number of carbonyl (C=O) groups is 1. The summed E-state index contributed by atoms with van der Waals surface area (Å²) in [6, 6.07) is 13.3. The first-order chi connectivity index (χ1) is 13.6. The summed E-state index contributed by atoms with van der Waals surface area (Å²) in [4.78, 5) is 21.7. The molecular formula is C20H23N5O3. The number of hydroxylamine groups is 2. The van der Waals surface area contributed by atoms with Crippen molar-refractivity contribution in [3.63, 3.8) is 0 Å². The topological polar surface area (TPSA) is 95.5 Å². The summed E-state index contributed by atoms with van der Waals surface area (Å²) in [5.74, 6) is 0.155. The highest BCUT2D eigenvalue weighted by atomic mass is 16.7. The molecule has 0 fully saturated rings. The molecule has 1 aromatic carbocycles. The number of methoxy groups -OCH3 is 1. The Labute approximate surface area is 163 Å². The van der Waals surface area contributed by atoms with Crippen LogP contribution in [0.15, 0.2) is 48.7 Å². The fourth-order valence-electron chi connectivity index (χ4n) is 2.76. The molecule has 0 saturated heterocycles. The highest BCUT2D eigenvalue weighted by Crippen LogP contribution is 2.25. The summed E-state index contributed by atoms with van der Waals surface area (Å²) in [5.41, 5.74) is 9.43. The number of pyridine rings is 1. The Bertz CT molecular complexity index is 935. The van der Waals surface area contributed by atoms with Gasteiger partial charge in [-0.15, -0.1) is 0 Å². The molecule has 3 rings (SSSR count). The first-order valence-electron chi connectivity index (χ1n) is 8.79. The largest absolute Gasteiger partial charge is 0.481 e. The molecule has 0 radical (unpaired) electrons. The van der Waals surface area contributed by atoms with E-state index in [0.717, 1.165) is 28.3 Å². The van der Waals surface area contributed by atoms with Crippen molar-refractivity contribution in [3.05, 3.63) is 59.9 Å². The third-order valence-electron chi connectivity index (χ3n) is 4.35. The van der Waals surface area contributed by atoms with Crippen LogP contribution < -0.4 is 10.5 Å². The number of nitrogens with two attached hydrogens (primary N) is 1. The molecule has 0 spiro atoms. The van der Waals surface area contributed by atoms with Gasteiger partial charge in [-0.25, -0.2) is 14.7 Å². The van der Waals surface area contributed by atoms with E-state index in [1.54, 1.807) is 30.1 Å². The van der Waals surface area contributed by atoms with Gasteiger partial charge in [-0.05, 0) is 30.7 Å². The Morgan fingerprint density at radius 3 is 2.50 bits per heavy atom. The highest BCUT2D eigenvalue weighted by molar-refractivity contribution is 5.92. The van der Waals surface area contributed by atoms with Gasteiger partial charge in [0.2, 0.25) is 5.88 Å². The molecule has 28 heavy (non-hydrogen) atoms. The molecule has 3 aromatic rings. The molecule has 0 saturated carbocycles. The molecule has 0 bridgehead atoms. The van der Waals surface area contributed by atoms with E-state index in [-0.39, 0.29) is 11.6 Å². The van der Waals surface area contributed by atoms with Crippen LogP contribution in [0.5, 0.6) is 5.88 Å². The number of benzene rings is 1. The SMILES string of the molecule is COc1ccc(-n2nc(C(=O)N(C)OC)cc2-c2ccc(CCN)cc2)cn1. The maximum atomic E-state index is 12.5. The van der Waals surface area contributed by atoms with Crippen LogP contribution in [0, 0.1) is 0 Å². The van der Waals surface area contributed by atoms with Gasteiger partial charge in [-0.2, -0.15) is 5.10 Å². The van der Waals surface area contributed by atoms with Crippen LogP contribution in [-0.2, 0) is 11.3 Å². The summed E-state index contributed by atoms with van der Waals surface area (Å²) in [7, 11) is 4.53. The smallest absolute Gasteiger partial charge is 0.297 e. The molecule has 8 nitrogen and oxygen atoms in total. The van der Waals surface area contributed by atoms with Crippen LogP contribution in [0.1, 0.15) is 16.1 Å². The lowest BCUT2D eigenvalue weighted by Crippen LogP contribution is -2.25. The lowest BCUT2D eigenvalue weighted by molar-refractivity contribution is -0.0760. The maximum absolute atomic E-state index is 12.5. The number of ether oxygens (including phenoxy) is 1. The first-order valence-corrected chi connectivity index (χ1v) is 8.79. The van der Waals surface area contributed by atoms with Crippen LogP contribution in [0.4, 0.5) is 0 Å². The van der Waals surface area contributed by atoms with Gasteiger partial charge in [-0.3, -0.25) is 9.63 Å². The van der Waals surface area contributed by atoms with Crippen LogP contribution >= 0.6 is 0 Å². The molecule has 2 heterocycles. The molecule has 2 aromatic heterocycles. The minimum absolute atomic E-state index is 0.265. The van der Waals surface area contributed by atoms with Crippen LogP contribution in [0.25, 0.3) is 16.9 Å². The Morgan fingerprint density at radius 1 is 1.18 bits per heavy atom. The Hall–Kier alpha value is -3.23. The summed E-state index contributed by atoms with van der Waals surface area (Å²) < 4.78 is 6.80. The van der Waals surface area contributed by atoms with Crippen LogP contribution in [0.2, 0.25) is 0 Å². The second-order valence-electron chi connectivity index (χ2n) is 6.11. The van der Waals surface area contributed by atoms with Crippen molar-refractivity contribution < 1.29 is 14.4 Å². The lowest BCUT2D eigenvalue weighted by atomic mass is 10.1. The second-order valence-corrected chi connectivity index (χ2v) is 6.11. The van der Waals surface area contributed by atoms with Crippen molar-refractivity contribution in [1.29, 1.82) is 0 Å². The number of nitrogens with zero attached hydrogens (tertiary/aromatic N) is 4. The van der Waals surface area contributed by atoms with E-state index in [1.165, 1.54) is 14.2 Å². The van der Waals surface area contributed by atoms with E-state index in [0.29, 0.717) is 18.1 Å². The van der Waals surface area contributed by atoms with Gasteiger partial charge in [0.25, 0.3) is 5.91 Å². The lowest BCUT2D eigenvalue weighted by Gasteiger charge is -2.11. The molecule has 0 aliphatic rings. The molecule has 8 heteroatoms. The standard InChI is InChI=1S/C20H23N5O3/c1-24(28-3)20(26)17-12-18(15-6-4-14(5-7-15)10-11-21)25(23-17)16-8-9-19(27-2)22-13-16/h4-9,12-13H,10-11,21H2,1-3H3. The Balaban J connectivity index is 2.07. The highest BCUT2D eigenvalue weighted by Gasteiger charge is 2.20. The van der Waals surface area contributed by atoms with Crippen molar-refractivity contribution in [2.24, 2.45) is 5.73 Å². The van der Waals surface area contributed by atoms with Crippen LogP contribution in [-0.4, -0.2) is 53.5 Å². The van der Waals surface area contributed by atoms with Crippen molar-refractivity contribution in [2.45, 2.75) is 6.42 Å². The second kappa shape index (κ2) is 8.64.